The van der Waals surface area contributed by atoms with Crippen LogP contribution in [0.25, 0.3) is 0 Å². The summed E-state index contributed by atoms with van der Waals surface area (Å²) in [5.74, 6) is 0. The van der Waals surface area contributed by atoms with Crippen molar-refractivity contribution < 1.29 is 0 Å². The number of rotatable bonds is 10. The van der Waals surface area contributed by atoms with Crippen LogP contribution in [0, 0.1) is 6.42 Å². The molecule has 0 aromatic heterocycles. The van der Waals surface area contributed by atoms with Crippen molar-refractivity contribution in [2.24, 2.45) is 0 Å². The van der Waals surface area contributed by atoms with E-state index in [1.165, 1.54) is 57.8 Å². The molecule has 0 aliphatic heterocycles. The molecule has 0 bridgehead atoms. The van der Waals surface area contributed by atoms with Crippen molar-refractivity contribution in [1.82, 2.24) is 0 Å². The van der Waals surface area contributed by atoms with Crippen molar-refractivity contribution in [3.63, 3.8) is 0 Å². The van der Waals surface area contributed by atoms with Crippen molar-refractivity contribution in [2.75, 3.05) is 0 Å². The third-order valence-electron chi connectivity index (χ3n) is 2.52. The van der Waals surface area contributed by atoms with Crippen LogP contribution in [0.15, 0.2) is 12.2 Å². The molecule has 0 nitrogen and oxygen atoms in total. The van der Waals surface area contributed by atoms with Gasteiger partial charge in [0.05, 0.1) is 0 Å². The fourth-order valence-corrected chi connectivity index (χ4v) is 1.60. The Labute approximate surface area is 90.8 Å². The molecule has 0 aliphatic carbocycles. The summed E-state index contributed by atoms with van der Waals surface area (Å²) in [6.45, 7) is 4.35. The molecule has 0 atom stereocenters. The van der Waals surface area contributed by atoms with E-state index in [-0.39, 0.29) is 0 Å². The quantitative estimate of drug-likeness (QED) is 0.328. The minimum atomic E-state index is 1.19. The fourth-order valence-electron chi connectivity index (χ4n) is 1.60. The lowest BCUT2D eigenvalue weighted by Crippen LogP contribution is -1.80. The van der Waals surface area contributed by atoms with Crippen molar-refractivity contribution in [2.45, 2.75) is 71.6 Å². The van der Waals surface area contributed by atoms with Crippen LogP contribution >= 0.6 is 0 Å². The van der Waals surface area contributed by atoms with E-state index < -0.39 is 0 Å². The highest BCUT2D eigenvalue weighted by Crippen LogP contribution is 2.09. The maximum Gasteiger partial charge on any atom is -0.0351 e. The smallest absolute Gasteiger partial charge is 0.0351 e. The summed E-state index contributed by atoms with van der Waals surface area (Å²) in [4.78, 5) is 0. The minimum absolute atomic E-state index is 1.19. The second-order valence-electron chi connectivity index (χ2n) is 3.99. The lowest BCUT2D eigenvalue weighted by molar-refractivity contribution is 0.595. The Kier molecular flexibility index (Phi) is 12.5. The SMILES string of the molecule is C[CH]CCCCCCCCC=CCC. The van der Waals surface area contributed by atoms with Gasteiger partial charge in [0.2, 0.25) is 0 Å². The first-order chi connectivity index (χ1) is 6.91. The zero-order valence-corrected chi connectivity index (χ0v) is 10.1. The van der Waals surface area contributed by atoms with Crippen LogP contribution in [-0.2, 0) is 0 Å². The lowest BCUT2D eigenvalue weighted by atomic mass is 10.1. The van der Waals surface area contributed by atoms with Gasteiger partial charge in [-0.15, -0.1) is 0 Å². The molecular weight excluding hydrogens is 168 g/mol. The van der Waals surface area contributed by atoms with E-state index >= 15 is 0 Å². The topological polar surface area (TPSA) is 0 Å². The van der Waals surface area contributed by atoms with E-state index in [0.29, 0.717) is 0 Å². The summed E-state index contributed by atoms with van der Waals surface area (Å²) in [6.07, 6.45) is 19.2. The Morgan fingerprint density at radius 1 is 0.714 bits per heavy atom. The zero-order chi connectivity index (χ0) is 10.5. The first-order valence-corrected chi connectivity index (χ1v) is 6.34. The average molecular weight is 195 g/mol. The van der Waals surface area contributed by atoms with E-state index in [2.05, 4.69) is 32.4 Å². The van der Waals surface area contributed by atoms with E-state index in [9.17, 15) is 0 Å². The Balaban J connectivity index is 2.88. The molecule has 0 amide bonds. The van der Waals surface area contributed by atoms with Crippen LogP contribution in [-0.4, -0.2) is 0 Å². The second kappa shape index (κ2) is 12.7. The summed E-state index contributed by atoms with van der Waals surface area (Å²) >= 11 is 0. The Bertz CT molecular complexity index is 113. The number of hydrogen-bond acceptors (Lipinski definition) is 0. The predicted molar refractivity (Wildman–Crippen MR) is 66.3 cm³/mol. The van der Waals surface area contributed by atoms with Crippen molar-refractivity contribution >= 4 is 0 Å². The van der Waals surface area contributed by atoms with Crippen LogP contribution in [0.2, 0.25) is 0 Å². The first-order valence-electron chi connectivity index (χ1n) is 6.34. The normalized spacial score (nSPS) is 11.3. The summed E-state index contributed by atoms with van der Waals surface area (Å²) in [5.41, 5.74) is 0. The third-order valence-corrected chi connectivity index (χ3v) is 2.52. The van der Waals surface area contributed by atoms with Gasteiger partial charge in [-0.3, -0.25) is 0 Å². The van der Waals surface area contributed by atoms with Crippen LogP contribution in [0.5, 0.6) is 0 Å². The van der Waals surface area contributed by atoms with Crippen LogP contribution < -0.4 is 0 Å². The van der Waals surface area contributed by atoms with Gasteiger partial charge >= 0.3 is 0 Å². The number of hydrogen-bond donors (Lipinski definition) is 0. The van der Waals surface area contributed by atoms with Gasteiger partial charge in [-0.2, -0.15) is 0 Å². The van der Waals surface area contributed by atoms with Gasteiger partial charge in [-0.1, -0.05) is 64.5 Å². The summed E-state index contributed by atoms with van der Waals surface area (Å²) < 4.78 is 0. The number of allylic oxidation sites excluding steroid dienone is 2. The average Bonchev–Trinajstić information content (AvgIpc) is 2.21. The highest BCUT2D eigenvalue weighted by Gasteiger charge is 1.89. The van der Waals surface area contributed by atoms with Gasteiger partial charge in [0.1, 0.15) is 0 Å². The molecule has 0 saturated carbocycles. The summed E-state index contributed by atoms with van der Waals surface area (Å²) in [6, 6.07) is 0. The Hall–Kier alpha value is -0.260. The molecule has 0 aromatic rings. The largest absolute Gasteiger partial charge is 0.0888 e. The molecule has 0 fully saturated rings. The van der Waals surface area contributed by atoms with E-state index in [0.717, 1.165) is 0 Å². The standard InChI is InChI=1S/C14H27/c1-3-5-7-9-11-13-14-12-10-8-6-4-2/h3,6,8H,4-5,7,9-14H2,1-2H3. The van der Waals surface area contributed by atoms with Crippen molar-refractivity contribution in [3.8, 4) is 0 Å². The molecule has 0 unspecified atom stereocenters. The molecule has 83 valence electrons. The van der Waals surface area contributed by atoms with Gasteiger partial charge < -0.3 is 0 Å². The van der Waals surface area contributed by atoms with Gasteiger partial charge in [0.25, 0.3) is 0 Å². The Morgan fingerprint density at radius 2 is 1.29 bits per heavy atom. The van der Waals surface area contributed by atoms with Crippen LogP contribution in [0.3, 0.4) is 0 Å². The van der Waals surface area contributed by atoms with Crippen LogP contribution in [0.4, 0.5) is 0 Å². The maximum absolute atomic E-state index is 2.33. The Morgan fingerprint density at radius 3 is 1.86 bits per heavy atom. The fraction of sp³-hybridized carbons (Fsp3) is 0.786. The van der Waals surface area contributed by atoms with Gasteiger partial charge in [-0.25, -0.2) is 0 Å². The molecule has 0 heteroatoms. The molecule has 0 N–H and O–H groups in total. The molecule has 0 spiro atoms. The highest BCUT2D eigenvalue weighted by molar-refractivity contribution is 4.79. The summed E-state index contributed by atoms with van der Waals surface area (Å²) in [5, 5.41) is 0. The molecule has 0 rings (SSSR count). The van der Waals surface area contributed by atoms with E-state index in [1.54, 1.807) is 0 Å². The minimum Gasteiger partial charge on any atom is -0.0888 e. The molecule has 0 aromatic carbocycles. The summed E-state index contributed by atoms with van der Waals surface area (Å²) in [7, 11) is 0. The van der Waals surface area contributed by atoms with Gasteiger partial charge in [0.15, 0.2) is 0 Å². The molecule has 14 heavy (non-hydrogen) atoms. The molecule has 1 radical (unpaired) electrons. The third kappa shape index (κ3) is 11.7. The molecule has 0 aliphatic rings. The maximum atomic E-state index is 2.33. The monoisotopic (exact) mass is 195 g/mol. The van der Waals surface area contributed by atoms with Crippen molar-refractivity contribution in [3.05, 3.63) is 18.6 Å². The predicted octanol–water partition coefficient (Wildman–Crippen LogP) is 5.30. The van der Waals surface area contributed by atoms with Crippen LogP contribution in [0.1, 0.15) is 71.6 Å². The highest BCUT2D eigenvalue weighted by atomic mass is 14.0. The lowest BCUT2D eigenvalue weighted by Gasteiger charge is -1.99. The molecular formula is C14H27. The van der Waals surface area contributed by atoms with Gasteiger partial charge in [0, 0.05) is 0 Å². The van der Waals surface area contributed by atoms with Crippen molar-refractivity contribution in [1.29, 1.82) is 0 Å². The van der Waals surface area contributed by atoms with E-state index in [4.69, 9.17) is 0 Å². The molecule has 0 heterocycles. The second-order valence-corrected chi connectivity index (χ2v) is 3.99. The molecule has 0 saturated heterocycles. The van der Waals surface area contributed by atoms with E-state index in [1.807, 2.05) is 0 Å². The number of unbranched alkanes of at least 4 members (excludes halogenated alkanes) is 8. The zero-order valence-electron chi connectivity index (χ0n) is 10.1. The first kappa shape index (κ1) is 13.7. The van der Waals surface area contributed by atoms with Gasteiger partial charge in [-0.05, 0) is 25.7 Å².